The quantitative estimate of drug-likeness (QED) is 0.589. The molecule has 1 N–H and O–H groups in total. The van der Waals surface area contributed by atoms with Gasteiger partial charge in [-0.2, -0.15) is 13.2 Å². The van der Waals surface area contributed by atoms with Gasteiger partial charge in [-0.3, -0.25) is 4.79 Å². The highest BCUT2D eigenvalue weighted by Crippen LogP contribution is 2.49. The molecule has 2 aromatic carbocycles. The van der Waals surface area contributed by atoms with Crippen LogP contribution in [0.15, 0.2) is 48.5 Å². The zero-order chi connectivity index (χ0) is 20.9. The second kappa shape index (κ2) is 6.86. The number of fused-ring (bicyclic) bond motifs is 1. The molecule has 0 unspecified atom stereocenters. The number of benzene rings is 2. The second-order valence-corrected chi connectivity index (χ2v) is 8.62. The molecule has 2 heterocycles. The first-order valence-corrected chi connectivity index (χ1v) is 10.3. The van der Waals surface area contributed by atoms with Crippen molar-refractivity contribution < 1.29 is 18.0 Å². The molecular weight excluding hydrogens is 391 g/mol. The molecule has 0 radical (unpaired) electrons. The monoisotopic (exact) mass is 413 g/mol. The second-order valence-electron chi connectivity index (χ2n) is 8.62. The predicted octanol–water partition coefficient (Wildman–Crippen LogP) is 5.66. The number of H-pyrrole nitrogens is 1. The van der Waals surface area contributed by atoms with Crippen molar-refractivity contribution in [3.8, 4) is 0 Å². The minimum atomic E-state index is -4.37. The van der Waals surface area contributed by atoms with Crippen LogP contribution in [0.25, 0.3) is 11.0 Å². The predicted molar refractivity (Wildman–Crippen MR) is 108 cm³/mol. The average molecular weight is 413 g/mol. The number of hydrogen-bond acceptors (Lipinski definition) is 2. The molecule has 2 fully saturated rings. The molecule has 1 spiro atoms. The first-order chi connectivity index (χ1) is 14.3. The van der Waals surface area contributed by atoms with E-state index in [1.165, 1.54) is 6.07 Å². The summed E-state index contributed by atoms with van der Waals surface area (Å²) in [6.07, 6.45) is -0.229. The Morgan fingerprint density at radius 2 is 1.80 bits per heavy atom. The van der Waals surface area contributed by atoms with E-state index in [2.05, 4.69) is 9.97 Å². The smallest absolute Gasteiger partial charge is 0.342 e. The van der Waals surface area contributed by atoms with Gasteiger partial charge >= 0.3 is 6.18 Å². The van der Waals surface area contributed by atoms with E-state index in [-0.39, 0.29) is 17.2 Å². The van der Waals surface area contributed by atoms with Crippen molar-refractivity contribution in [3.63, 3.8) is 0 Å². The van der Waals surface area contributed by atoms with Crippen LogP contribution in [-0.2, 0) is 11.0 Å². The van der Waals surface area contributed by atoms with Crippen molar-refractivity contribution >= 4 is 22.6 Å². The van der Waals surface area contributed by atoms with Crippen LogP contribution in [0, 0.1) is 5.41 Å². The lowest BCUT2D eigenvalue weighted by Crippen LogP contribution is -2.31. The van der Waals surface area contributed by atoms with Crippen molar-refractivity contribution in [2.75, 3.05) is 11.4 Å². The Bertz CT molecular complexity index is 1080. The number of amides is 1. The Hall–Kier alpha value is -2.83. The number of nitrogens with zero attached hydrogens (tertiary/aromatic N) is 2. The van der Waals surface area contributed by atoms with E-state index in [1.54, 1.807) is 0 Å². The van der Waals surface area contributed by atoms with Gasteiger partial charge in [0.2, 0.25) is 5.91 Å². The van der Waals surface area contributed by atoms with Gasteiger partial charge in [0.15, 0.2) is 0 Å². The Morgan fingerprint density at radius 3 is 2.50 bits per heavy atom. The summed E-state index contributed by atoms with van der Waals surface area (Å²) in [6, 6.07) is 13.4. The third-order valence-electron chi connectivity index (χ3n) is 6.65. The summed E-state index contributed by atoms with van der Waals surface area (Å²) in [4.78, 5) is 22.2. The molecule has 1 saturated carbocycles. The molecule has 0 atom stereocenters. The highest BCUT2D eigenvalue weighted by Gasteiger charge is 2.46. The van der Waals surface area contributed by atoms with Crippen LogP contribution >= 0.6 is 0 Å². The number of alkyl halides is 3. The maximum Gasteiger partial charge on any atom is 0.416 e. The fourth-order valence-corrected chi connectivity index (χ4v) is 4.97. The van der Waals surface area contributed by atoms with E-state index in [4.69, 9.17) is 0 Å². The molecule has 1 amide bonds. The van der Waals surface area contributed by atoms with Gasteiger partial charge in [-0.15, -0.1) is 0 Å². The molecule has 3 aromatic rings. The van der Waals surface area contributed by atoms with Crippen molar-refractivity contribution in [2.45, 2.75) is 44.2 Å². The summed E-state index contributed by atoms with van der Waals surface area (Å²) >= 11 is 0. The first kappa shape index (κ1) is 19.2. The van der Waals surface area contributed by atoms with Crippen molar-refractivity contribution in [3.05, 3.63) is 59.9 Å². The van der Waals surface area contributed by atoms with E-state index in [0.717, 1.165) is 55.9 Å². The number of carbonyl (C=O) groups is 1. The number of aromatic nitrogens is 2. The number of para-hydroxylation sites is 1. The van der Waals surface area contributed by atoms with Crippen LogP contribution in [0.1, 0.15) is 49.4 Å². The molecule has 1 aromatic heterocycles. The normalized spacial score (nSPS) is 24.8. The molecule has 1 aliphatic heterocycles. The lowest BCUT2D eigenvalue weighted by Gasteiger charge is -2.36. The number of nitrogens with one attached hydrogen (secondary N) is 1. The van der Waals surface area contributed by atoms with Gasteiger partial charge in [0, 0.05) is 24.6 Å². The number of halogens is 3. The van der Waals surface area contributed by atoms with Crippen LogP contribution in [0.2, 0.25) is 0 Å². The molecule has 4 nitrogen and oxygen atoms in total. The standard InChI is InChI=1S/C23H22F3N3O/c24-23(25,26)16-6-7-18-19(12-16)28-21(27-18)15-8-10-22(11-9-15)13-20(30)29(14-22)17-4-2-1-3-5-17/h1-7,12,15H,8-11,13-14H2,(H,27,28)/t15-,22-. The highest BCUT2D eigenvalue weighted by atomic mass is 19.4. The number of imidazole rings is 1. The van der Waals surface area contributed by atoms with Crippen molar-refractivity contribution in [1.82, 2.24) is 9.97 Å². The largest absolute Gasteiger partial charge is 0.416 e. The Kier molecular flexibility index (Phi) is 4.38. The van der Waals surface area contributed by atoms with Gasteiger partial charge in [0.05, 0.1) is 16.6 Å². The van der Waals surface area contributed by atoms with E-state index >= 15 is 0 Å². The first-order valence-electron chi connectivity index (χ1n) is 10.3. The molecule has 1 aliphatic carbocycles. The van der Waals surface area contributed by atoms with Crippen LogP contribution in [-0.4, -0.2) is 22.4 Å². The minimum absolute atomic E-state index is 0.0150. The van der Waals surface area contributed by atoms with Crippen LogP contribution in [0.5, 0.6) is 0 Å². The van der Waals surface area contributed by atoms with Gasteiger partial charge in [-0.25, -0.2) is 4.98 Å². The van der Waals surface area contributed by atoms with Gasteiger partial charge in [-0.05, 0) is 61.4 Å². The van der Waals surface area contributed by atoms with Gasteiger partial charge in [-0.1, -0.05) is 18.2 Å². The van der Waals surface area contributed by atoms with Gasteiger partial charge in [0.25, 0.3) is 0 Å². The van der Waals surface area contributed by atoms with Gasteiger partial charge in [0.1, 0.15) is 5.82 Å². The highest BCUT2D eigenvalue weighted by molar-refractivity contribution is 5.96. The molecule has 7 heteroatoms. The fourth-order valence-electron chi connectivity index (χ4n) is 4.97. The van der Waals surface area contributed by atoms with E-state index in [9.17, 15) is 18.0 Å². The third kappa shape index (κ3) is 3.36. The number of hydrogen-bond donors (Lipinski definition) is 1. The van der Waals surface area contributed by atoms with Crippen LogP contribution in [0.4, 0.5) is 18.9 Å². The molecule has 5 rings (SSSR count). The lowest BCUT2D eigenvalue weighted by atomic mass is 9.69. The van der Waals surface area contributed by atoms with E-state index in [1.807, 2.05) is 35.2 Å². The molecular formula is C23H22F3N3O. The van der Waals surface area contributed by atoms with Gasteiger partial charge < -0.3 is 9.88 Å². The summed E-state index contributed by atoms with van der Waals surface area (Å²) in [5.74, 6) is 1.10. The SMILES string of the molecule is O=C1C[C@]2(CC[C@@H](c3nc4cc(C(F)(F)F)ccc4[nH]3)CC2)CN1c1ccccc1. The topological polar surface area (TPSA) is 49.0 Å². The summed E-state index contributed by atoms with van der Waals surface area (Å²) < 4.78 is 38.9. The lowest BCUT2D eigenvalue weighted by molar-refractivity contribution is -0.137. The molecule has 0 bridgehead atoms. The number of aromatic amines is 1. The zero-order valence-corrected chi connectivity index (χ0v) is 16.4. The summed E-state index contributed by atoms with van der Waals surface area (Å²) in [6.45, 7) is 0.734. The molecule has 1 saturated heterocycles. The van der Waals surface area contributed by atoms with Crippen LogP contribution < -0.4 is 4.90 Å². The maximum atomic E-state index is 13.0. The molecule has 156 valence electrons. The van der Waals surface area contributed by atoms with Crippen molar-refractivity contribution in [1.29, 1.82) is 0 Å². The van der Waals surface area contributed by atoms with Crippen molar-refractivity contribution in [2.24, 2.45) is 5.41 Å². The summed E-state index contributed by atoms with van der Waals surface area (Å²) in [5.41, 5.74) is 1.23. The average Bonchev–Trinajstić information content (AvgIpc) is 3.29. The maximum absolute atomic E-state index is 13.0. The number of carbonyl (C=O) groups excluding carboxylic acids is 1. The van der Waals surface area contributed by atoms with Crippen LogP contribution in [0.3, 0.4) is 0 Å². The molecule has 30 heavy (non-hydrogen) atoms. The van der Waals surface area contributed by atoms with E-state index in [0.29, 0.717) is 17.5 Å². The zero-order valence-electron chi connectivity index (χ0n) is 16.4. The summed E-state index contributed by atoms with van der Waals surface area (Å²) in [5, 5.41) is 0. The van der Waals surface area contributed by atoms with E-state index < -0.39 is 11.7 Å². The fraction of sp³-hybridized carbons (Fsp3) is 0.391. The Morgan fingerprint density at radius 1 is 1.07 bits per heavy atom. The number of rotatable bonds is 2. The Labute approximate surface area is 172 Å². The summed E-state index contributed by atoms with van der Waals surface area (Å²) in [7, 11) is 0. The minimum Gasteiger partial charge on any atom is -0.342 e. The Balaban J connectivity index is 1.31. The third-order valence-corrected chi connectivity index (χ3v) is 6.65. The number of anilines is 1. The molecule has 2 aliphatic rings.